The number of rotatable bonds is 4. The Morgan fingerprint density at radius 1 is 1.57 bits per heavy atom. The number of carbonyl (C=O) groups is 3. The molecule has 78 valence electrons. The third-order valence-electron chi connectivity index (χ3n) is 2.17. The van der Waals surface area contributed by atoms with Gasteiger partial charge in [0.15, 0.2) is 5.78 Å². The van der Waals surface area contributed by atoms with Crippen LogP contribution < -0.4 is 10.6 Å². The van der Waals surface area contributed by atoms with Gasteiger partial charge in [-0.1, -0.05) is 0 Å². The number of hydrogen-bond donors (Lipinski definition) is 2. The number of carbonyl (C=O) groups excluding carboxylic acids is 3. The molecule has 0 aromatic heterocycles. The highest BCUT2D eigenvalue weighted by Gasteiger charge is 2.26. The van der Waals surface area contributed by atoms with E-state index >= 15 is 0 Å². The maximum Gasteiger partial charge on any atom is 0.223 e. The van der Waals surface area contributed by atoms with Crippen molar-refractivity contribution in [2.45, 2.75) is 19.8 Å². The average Bonchev–Trinajstić information content (AvgIpc) is 2.49. The molecule has 0 spiro atoms. The van der Waals surface area contributed by atoms with Crippen LogP contribution in [0.4, 0.5) is 0 Å². The summed E-state index contributed by atoms with van der Waals surface area (Å²) in [5.74, 6) is -0.575. The molecule has 2 N–H and O–H groups in total. The number of Topliss-reactive ketones (excluding diaryl/α,β-unsaturated/α-hetero) is 1. The van der Waals surface area contributed by atoms with Crippen molar-refractivity contribution in [3.63, 3.8) is 0 Å². The summed E-state index contributed by atoms with van der Waals surface area (Å²) >= 11 is 0. The Balaban J connectivity index is 2.26. The molecule has 0 unspecified atom stereocenters. The third-order valence-corrected chi connectivity index (χ3v) is 2.17. The summed E-state index contributed by atoms with van der Waals surface area (Å²) in [7, 11) is 0. The highest BCUT2D eigenvalue weighted by molar-refractivity contribution is 5.90. The molecular formula is C9H14N2O3. The Kier molecular flexibility index (Phi) is 3.62. The van der Waals surface area contributed by atoms with Crippen molar-refractivity contribution in [3.05, 3.63) is 0 Å². The molecule has 0 aliphatic carbocycles. The lowest BCUT2D eigenvalue weighted by molar-refractivity contribution is -0.127. The molecular weight excluding hydrogens is 184 g/mol. The number of amides is 2. The molecule has 0 radical (unpaired) electrons. The standard InChI is InChI=1S/C9H14N2O3/c1-6(12)11-5-8(13)4-7-2-3-10-9(7)14/h7H,2-5H2,1H3,(H,10,14)(H,11,12)/t7-/m0/s1. The maximum absolute atomic E-state index is 11.3. The first-order valence-electron chi connectivity index (χ1n) is 4.63. The topological polar surface area (TPSA) is 75.3 Å². The fourth-order valence-corrected chi connectivity index (χ4v) is 1.41. The zero-order valence-corrected chi connectivity index (χ0v) is 8.13. The van der Waals surface area contributed by atoms with Crippen LogP contribution in [0.2, 0.25) is 0 Å². The number of hydrogen-bond acceptors (Lipinski definition) is 3. The van der Waals surface area contributed by atoms with Crippen molar-refractivity contribution in [1.29, 1.82) is 0 Å². The fourth-order valence-electron chi connectivity index (χ4n) is 1.41. The SMILES string of the molecule is CC(=O)NCC(=O)C[C@@H]1CCNC1=O. The van der Waals surface area contributed by atoms with Crippen molar-refractivity contribution in [2.24, 2.45) is 5.92 Å². The maximum atomic E-state index is 11.3. The molecule has 1 fully saturated rings. The van der Waals surface area contributed by atoms with E-state index in [0.717, 1.165) is 0 Å². The van der Waals surface area contributed by atoms with Gasteiger partial charge in [0.2, 0.25) is 11.8 Å². The Hall–Kier alpha value is -1.39. The van der Waals surface area contributed by atoms with E-state index < -0.39 is 0 Å². The van der Waals surface area contributed by atoms with E-state index in [0.29, 0.717) is 13.0 Å². The summed E-state index contributed by atoms with van der Waals surface area (Å²) in [5.41, 5.74) is 0. The van der Waals surface area contributed by atoms with Gasteiger partial charge in [-0.2, -0.15) is 0 Å². The smallest absolute Gasteiger partial charge is 0.223 e. The van der Waals surface area contributed by atoms with Crippen LogP contribution in [0.3, 0.4) is 0 Å². The molecule has 1 saturated heterocycles. The third kappa shape index (κ3) is 3.16. The monoisotopic (exact) mass is 198 g/mol. The summed E-state index contributed by atoms with van der Waals surface area (Å²) in [6.45, 7) is 2.03. The minimum absolute atomic E-state index is 0.0269. The van der Waals surface area contributed by atoms with Gasteiger partial charge in [0, 0.05) is 25.8 Å². The second-order valence-electron chi connectivity index (χ2n) is 3.43. The highest BCUT2D eigenvalue weighted by Crippen LogP contribution is 2.13. The largest absolute Gasteiger partial charge is 0.356 e. The molecule has 5 nitrogen and oxygen atoms in total. The van der Waals surface area contributed by atoms with Crippen molar-refractivity contribution < 1.29 is 14.4 Å². The molecule has 14 heavy (non-hydrogen) atoms. The van der Waals surface area contributed by atoms with Crippen LogP contribution in [0.1, 0.15) is 19.8 Å². The first-order valence-corrected chi connectivity index (χ1v) is 4.63. The van der Waals surface area contributed by atoms with Gasteiger partial charge in [0.1, 0.15) is 0 Å². The van der Waals surface area contributed by atoms with E-state index in [9.17, 15) is 14.4 Å². The van der Waals surface area contributed by atoms with Crippen molar-refractivity contribution in [2.75, 3.05) is 13.1 Å². The molecule has 1 atom stereocenters. The average molecular weight is 198 g/mol. The quantitative estimate of drug-likeness (QED) is 0.622. The molecule has 2 amide bonds. The highest BCUT2D eigenvalue weighted by atomic mass is 16.2. The van der Waals surface area contributed by atoms with Crippen LogP contribution in [0.15, 0.2) is 0 Å². The van der Waals surface area contributed by atoms with Gasteiger partial charge < -0.3 is 10.6 Å². The van der Waals surface area contributed by atoms with E-state index in [4.69, 9.17) is 0 Å². The molecule has 0 aromatic carbocycles. The first-order chi connectivity index (χ1) is 6.59. The lowest BCUT2D eigenvalue weighted by Crippen LogP contribution is -2.29. The van der Waals surface area contributed by atoms with Gasteiger partial charge in [-0.15, -0.1) is 0 Å². The van der Waals surface area contributed by atoms with Crippen LogP contribution in [0.25, 0.3) is 0 Å². The molecule has 0 saturated carbocycles. The zero-order valence-electron chi connectivity index (χ0n) is 8.13. The van der Waals surface area contributed by atoms with Gasteiger partial charge in [0.25, 0.3) is 0 Å². The van der Waals surface area contributed by atoms with Gasteiger partial charge >= 0.3 is 0 Å². The summed E-state index contributed by atoms with van der Waals surface area (Å²) in [4.78, 5) is 32.9. The lowest BCUT2D eigenvalue weighted by atomic mass is 10.0. The van der Waals surface area contributed by atoms with Crippen molar-refractivity contribution in [1.82, 2.24) is 10.6 Å². The van der Waals surface area contributed by atoms with Crippen molar-refractivity contribution >= 4 is 17.6 Å². The Morgan fingerprint density at radius 2 is 2.29 bits per heavy atom. The van der Waals surface area contributed by atoms with Crippen LogP contribution in [-0.4, -0.2) is 30.7 Å². The van der Waals surface area contributed by atoms with Gasteiger partial charge in [-0.3, -0.25) is 14.4 Å². The lowest BCUT2D eigenvalue weighted by Gasteiger charge is -2.05. The van der Waals surface area contributed by atoms with Crippen LogP contribution in [0, 0.1) is 5.92 Å². The van der Waals surface area contributed by atoms with E-state index in [-0.39, 0.29) is 36.5 Å². The Morgan fingerprint density at radius 3 is 2.79 bits per heavy atom. The van der Waals surface area contributed by atoms with Crippen molar-refractivity contribution in [3.8, 4) is 0 Å². The zero-order chi connectivity index (χ0) is 10.6. The molecule has 5 heteroatoms. The molecule has 0 aromatic rings. The fraction of sp³-hybridized carbons (Fsp3) is 0.667. The van der Waals surface area contributed by atoms with E-state index in [1.54, 1.807) is 0 Å². The second-order valence-corrected chi connectivity index (χ2v) is 3.43. The van der Waals surface area contributed by atoms with Gasteiger partial charge in [0.05, 0.1) is 6.54 Å². The molecule has 1 heterocycles. The Bertz CT molecular complexity index is 263. The summed E-state index contributed by atoms with van der Waals surface area (Å²) in [5, 5.41) is 5.08. The molecule has 1 aliphatic rings. The summed E-state index contributed by atoms with van der Waals surface area (Å²) in [6, 6.07) is 0. The summed E-state index contributed by atoms with van der Waals surface area (Å²) in [6.07, 6.45) is 0.941. The second kappa shape index (κ2) is 4.74. The van der Waals surface area contributed by atoms with Crippen LogP contribution >= 0.6 is 0 Å². The van der Waals surface area contributed by atoms with E-state index in [2.05, 4.69) is 10.6 Å². The Labute approximate surface area is 82.2 Å². The number of ketones is 1. The number of nitrogens with one attached hydrogen (secondary N) is 2. The predicted octanol–water partition coefficient (Wildman–Crippen LogP) is -0.782. The first kappa shape index (κ1) is 10.7. The van der Waals surface area contributed by atoms with Crippen LogP contribution in [-0.2, 0) is 14.4 Å². The normalized spacial score (nSPS) is 20.4. The predicted molar refractivity (Wildman–Crippen MR) is 49.4 cm³/mol. The van der Waals surface area contributed by atoms with E-state index in [1.807, 2.05) is 0 Å². The minimum Gasteiger partial charge on any atom is -0.356 e. The van der Waals surface area contributed by atoms with Crippen LogP contribution in [0.5, 0.6) is 0 Å². The molecule has 1 rings (SSSR count). The van der Waals surface area contributed by atoms with E-state index in [1.165, 1.54) is 6.92 Å². The summed E-state index contributed by atoms with van der Waals surface area (Å²) < 4.78 is 0. The van der Waals surface area contributed by atoms with Gasteiger partial charge in [-0.05, 0) is 6.42 Å². The molecule has 1 aliphatic heterocycles. The minimum atomic E-state index is -0.228. The molecule has 0 bridgehead atoms. The van der Waals surface area contributed by atoms with Gasteiger partial charge in [-0.25, -0.2) is 0 Å².